The minimum absolute atomic E-state index is 0.315. The molecule has 1 aromatic heterocycles. The average Bonchev–Trinajstić information content (AvgIpc) is 2.72. The second-order valence-electron chi connectivity index (χ2n) is 6.23. The van der Waals surface area contributed by atoms with Crippen LogP contribution in [0.1, 0.15) is 76.1 Å². The minimum Gasteiger partial charge on any atom is -0.474 e. The first-order valence-electron chi connectivity index (χ1n) is 10.1. The van der Waals surface area contributed by atoms with E-state index in [0.29, 0.717) is 6.10 Å². The molecule has 1 atom stereocenters. The van der Waals surface area contributed by atoms with Crippen molar-refractivity contribution < 1.29 is 4.74 Å². The van der Waals surface area contributed by atoms with Crippen LogP contribution in [0.5, 0.6) is 5.88 Å². The second kappa shape index (κ2) is 14.8. The van der Waals surface area contributed by atoms with Crippen molar-refractivity contribution in [2.75, 3.05) is 0 Å². The molecule has 0 aliphatic heterocycles. The number of benzene rings is 1. The van der Waals surface area contributed by atoms with Gasteiger partial charge in [-0.05, 0) is 55.9 Å². The average molecular weight is 369 g/mol. The Morgan fingerprint density at radius 2 is 1.78 bits per heavy atom. The quantitative estimate of drug-likeness (QED) is 0.563. The van der Waals surface area contributed by atoms with Crippen molar-refractivity contribution in [3.05, 3.63) is 58.8 Å². The molecule has 0 saturated heterocycles. The van der Waals surface area contributed by atoms with Gasteiger partial charge in [-0.1, -0.05) is 59.2 Å². The van der Waals surface area contributed by atoms with E-state index in [1.54, 1.807) is 0 Å². The molecule has 0 aliphatic rings. The van der Waals surface area contributed by atoms with Crippen molar-refractivity contribution in [3.8, 4) is 11.9 Å². The Morgan fingerprint density at radius 3 is 2.22 bits per heavy atom. The lowest BCUT2D eigenvalue weighted by atomic mass is 10.1. The molecule has 27 heavy (non-hydrogen) atoms. The van der Waals surface area contributed by atoms with Gasteiger partial charge in [0.25, 0.3) is 0 Å². The number of nitriles is 1. The number of nitrogens with zero attached hydrogens (tertiary/aromatic N) is 2. The lowest BCUT2D eigenvalue weighted by Crippen LogP contribution is -2.15. The largest absolute Gasteiger partial charge is 0.474 e. The number of hydrogen-bond donors (Lipinski definition) is 0. The van der Waals surface area contributed by atoms with Crippen LogP contribution in [-0.2, 0) is 6.42 Å². The molecule has 0 spiro atoms. The van der Waals surface area contributed by atoms with Crippen LogP contribution in [0, 0.1) is 25.2 Å². The molecule has 1 unspecified atom stereocenters. The summed E-state index contributed by atoms with van der Waals surface area (Å²) in [7, 11) is 0. The highest BCUT2D eigenvalue weighted by atomic mass is 16.5. The third-order valence-electron chi connectivity index (χ3n) is 4.07. The number of rotatable bonds is 6. The van der Waals surface area contributed by atoms with E-state index in [0.717, 1.165) is 48.3 Å². The summed E-state index contributed by atoms with van der Waals surface area (Å²) in [6.45, 7) is 14.4. The molecule has 0 N–H and O–H groups in total. The van der Waals surface area contributed by atoms with Gasteiger partial charge in [-0.15, -0.1) is 0 Å². The summed E-state index contributed by atoms with van der Waals surface area (Å²) in [5.41, 5.74) is 4.22. The topological polar surface area (TPSA) is 45.9 Å². The SMILES string of the molecule is CC.CCCC(CC)Oc1ccc(CC)cn1.Cc1ccc(C)c(C#N)c1. The maximum absolute atomic E-state index is 8.59. The van der Waals surface area contributed by atoms with Gasteiger partial charge >= 0.3 is 0 Å². The van der Waals surface area contributed by atoms with Gasteiger partial charge in [-0.25, -0.2) is 4.98 Å². The van der Waals surface area contributed by atoms with Gasteiger partial charge in [0.05, 0.1) is 11.6 Å². The maximum atomic E-state index is 8.59. The molecule has 0 saturated carbocycles. The maximum Gasteiger partial charge on any atom is 0.213 e. The van der Waals surface area contributed by atoms with Crippen molar-refractivity contribution in [1.29, 1.82) is 5.26 Å². The highest BCUT2D eigenvalue weighted by Gasteiger charge is 2.07. The molecule has 3 nitrogen and oxygen atoms in total. The summed E-state index contributed by atoms with van der Waals surface area (Å²) < 4.78 is 5.79. The van der Waals surface area contributed by atoms with Crippen LogP contribution in [-0.4, -0.2) is 11.1 Å². The molecule has 2 aromatic rings. The van der Waals surface area contributed by atoms with Gasteiger partial charge in [0, 0.05) is 12.3 Å². The van der Waals surface area contributed by atoms with Crippen LogP contribution in [0.4, 0.5) is 0 Å². The summed E-state index contributed by atoms with van der Waals surface area (Å²) >= 11 is 0. The fraction of sp³-hybridized carbons (Fsp3) is 0.500. The Kier molecular flexibility index (Phi) is 13.5. The van der Waals surface area contributed by atoms with Crippen LogP contribution in [0.25, 0.3) is 0 Å². The van der Waals surface area contributed by atoms with Gasteiger partial charge in [0.2, 0.25) is 5.88 Å². The predicted octanol–water partition coefficient (Wildman–Crippen LogP) is 6.80. The molecule has 2 rings (SSSR count). The third-order valence-corrected chi connectivity index (χ3v) is 4.07. The highest BCUT2D eigenvalue weighted by molar-refractivity contribution is 5.39. The molecular weight excluding hydrogens is 332 g/mol. The third kappa shape index (κ3) is 9.80. The van der Waals surface area contributed by atoms with E-state index in [9.17, 15) is 0 Å². The minimum atomic E-state index is 0.315. The van der Waals surface area contributed by atoms with Gasteiger partial charge in [-0.2, -0.15) is 5.26 Å². The van der Waals surface area contributed by atoms with Crippen LogP contribution in [0.15, 0.2) is 36.5 Å². The monoisotopic (exact) mass is 368 g/mol. The summed E-state index contributed by atoms with van der Waals surface area (Å²) in [6, 6.07) is 12.1. The van der Waals surface area contributed by atoms with E-state index < -0.39 is 0 Å². The van der Waals surface area contributed by atoms with E-state index >= 15 is 0 Å². The molecule has 0 aliphatic carbocycles. The highest BCUT2D eigenvalue weighted by Crippen LogP contribution is 2.14. The summed E-state index contributed by atoms with van der Waals surface area (Å²) in [4.78, 5) is 4.30. The first-order chi connectivity index (χ1) is 13.0. The molecule has 148 valence electrons. The van der Waals surface area contributed by atoms with E-state index in [1.807, 2.05) is 58.2 Å². The molecule has 1 heterocycles. The van der Waals surface area contributed by atoms with Gasteiger partial charge in [0.15, 0.2) is 0 Å². The second-order valence-corrected chi connectivity index (χ2v) is 6.23. The zero-order chi connectivity index (χ0) is 20.7. The summed E-state index contributed by atoms with van der Waals surface area (Å²) in [6.07, 6.45) is 6.55. The van der Waals surface area contributed by atoms with Crippen LogP contribution in [0.3, 0.4) is 0 Å². The molecule has 0 radical (unpaired) electrons. The Bertz CT molecular complexity index is 672. The van der Waals surface area contributed by atoms with Crippen molar-refractivity contribution in [2.24, 2.45) is 0 Å². The van der Waals surface area contributed by atoms with Crippen molar-refractivity contribution in [1.82, 2.24) is 4.98 Å². The number of pyridine rings is 1. The lowest BCUT2D eigenvalue weighted by molar-refractivity contribution is 0.178. The number of aromatic nitrogens is 1. The Hall–Kier alpha value is -2.34. The molecule has 0 amide bonds. The molecule has 1 aromatic carbocycles. The Balaban J connectivity index is 0.000000488. The zero-order valence-electron chi connectivity index (χ0n) is 18.2. The fourth-order valence-electron chi connectivity index (χ4n) is 2.39. The van der Waals surface area contributed by atoms with Crippen molar-refractivity contribution in [2.45, 2.75) is 80.3 Å². The van der Waals surface area contributed by atoms with Gasteiger partial charge in [0.1, 0.15) is 6.10 Å². The Morgan fingerprint density at radius 1 is 1.07 bits per heavy atom. The van der Waals surface area contributed by atoms with Gasteiger partial charge < -0.3 is 4.74 Å². The number of aryl methyl sites for hydroxylation is 3. The van der Waals surface area contributed by atoms with Crippen LogP contribution in [0.2, 0.25) is 0 Å². The van der Waals surface area contributed by atoms with E-state index in [-0.39, 0.29) is 0 Å². The molecule has 0 bridgehead atoms. The summed E-state index contributed by atoms with van der Waals surface area (Å²) in [5.74, 6) is 0.757. The molecule has 3 heteroatoms. The van der Waals surface area contributed by atoms with E-state index in [1.165, 1.54) is 5.56 Å². The van der Waals surface area contributed by atoms with E-state index in [2.05, 4.69) is 37.9 Å². The van der Waals surface area contributed by atoms with Crippen molar-refractivity contribution in [3.63, 3.8) is 0 Å². The standard InChI is InChI=1S/C13H21NO.C9H9N.C2H6/c1-4-7-12(6-3)15-13-9-8-11(5-2)10-14-13;1-7-3-4-8(2)9(5-7)6-10;1-2/h8-10,12H,4-7H2,1-3H3;3-5H,1-2H3;1-2H3. The number of ether oxygens (including phenoxy) is 1. The van der Waals surface area contributed by atoms with Crippen LogP contribution < -0.4 is 4.74 Å². The summed E-state index contributed by atoms with van der Waals surface area (Å²) in [5, 5.41) is 8.59. The molecule has 0 fully saturated rings. The number of hydrogen-bond acceptors (Lipinski definition) is 3. The smallest absolute Gasteiger partial charge is 0.213 e. The van der Waals surface area contributed by atoms with Gasteiger partial charge in [-0.3, -0.25) is 0 Å². The van der Waals surface area contributed by atoms with Crippen molar-refractivity contribution >= 4 is 0 Å². The fourth-order valence-corrected chi connectivity index (χ4v) is 2.39. The van der Waals surface area contributed by atoms with Crippen LogP contribution >= 0.6 is 0 Å². The molecular formula is C24H36N2O. The normalized spacial score (nSPS) is 10.4. The van der Waals surface area contributed by atoms with E-state index in [4.69, 9.17) is 10.00 Å². The zero-order valence-corrected chi connectivity index (χ0v) is 18.2. The first-order valence-corrected chi connectivity index (χ1v) is 10.1. The lowest BCUT2D eigenvalue weighted by Gasteiger charge is -2.15. The Labute approximate surface area is 166 Å². The first kappa shape index (κ1) is 24.7. The predicted molar refractivity (Wildman–Crippen MR) is 115 cm³/mol.